The Morgan fingerprint density at radius 1 is 1.53 bits per heavy atom. The minimum atomic E-state index is -0.461. The van der Waals surface area contributed by atoms with Crippen LogP contribution < -0.4 is 5.32 Å². The summed E-state index contributed by atoms with van der Waals surface area (Å²) in [6.45, 7) is 3.74. The number of hydrogen-bond donors (Lipinski definition) is 2. The van der Waals surface area contributed by atoms with E-state index < -0.39 is 5.54 Å². The van der Waals surface area contributed by atoms with E-state index in [1.54, 1.807) is 18.2 Å². The number of amides is 1. The van der Waals surface area contributed by atoms with Crippen molar-refractivity contribution >= 4 is 33.4 Å². The van der Waals surface area contributed by atoms with Gasteiger partial charge >= 0.3 is 0 Å². The Morgan fingerprint density at radius 3 is 2.76 bits per heavy atom. The van der Waals surface area contributed by atoms with Crippen LogP contribution in [-0.4, -0.2) is 23.2 Å². The van der Waals surface area contributed by atoms with Crippen LogP contribution in [0.15, 0.2) is 22.7 Å². The Hall–Kier alpha value is -0.580. The van der Waals surface area contributed by atoms with Crippen molar-refractivity contribution in [3.63, 3.8) is 0 Å². The van der Waals surface area contributed by atoms with Gasteiger partial charge in [-0.2, -0.15) is 0 Å². The molecule has 0 unspecified atom stereocenters. The zero-order chi connectivity index (χ0) is 13.1. The molecule has 0 radical (unpaired) electrons. The molecular formula is C12H15BrClNO2. The Balaban J connectivity index is 2.87. The number of rotatable bonds is 4. The van der Waals surface area contributed by atoms with Crippen LogP contribution in [-0.2, 0) is 0 Å². The molecule has 0 bridgehead atoms. The van der Waals surface area contributed by atoms with E-state index in [9.17, 15) is 4.79 Å². The first-order valence-electron chi connectivity index (χ1n) is 5.25. The van der Waals surface area contributed by atoms with Crippen LogP contribution in [0, 0.1) is 0 Å². The average Bonchev–Trinajstić information content (AvgIpc) is 2.21. The highest BCUT2D eigenvalue weighted by atomic mass is 79.9. The largest absolute Gasteiger partial charge is 0.396 e. The standard InChI is InChI=1S/C12H15BrClNO2/c1-12(2,6-7-16)15-11(17)8-4-3-5-9(13)10(8)14/h3-5,16H,6-7H2,1-2H3,(H,15,17). The molecule has 1 rings (SSSR count). The molecule has 5 heteroatoms. The van der Waals surface area contributed by atoms with Crippen molar-refractivity contribution in [1.29, 1.82) is 0 Å². The summed E-state index contributed by atoms with van der Waals surface area (Å²) in [5.74, 6) is -0.241. The maximum absolute atomic E-state index is 12.0. The van der Waals surface area contributed by atoms with Crippen LogP contribution in [0.1, 0.15) is 30.6 Å². The molecule has 0 spiro atoms. The Bertz CT molecular complexity index is 421. The summed E-state index contributed by atoms with van der Waals surface area (Å²) in [5.41, 5.74) is -0.0376. The van der Waals surface area contributed by atoms with Crippen molar-refractivity contribution in [2.24, 2.45) is 0 Å². The highest BCUT2D eigenvalue weighted by Crippen LogP contribution is 2.26. The number of halogens is 2. The lowest BCUT2D eigenvalue weighted by Crippen LogP contribution is -2.44. The van der Waals surface area contributed by atoms with E-state index in [0.717, 1.165) is 0 Å². The van der Waals surface area contributed by atoms with Gasteiger partial charge in [0, 0.05) is 16.6 Å². The van der Waals surface area contributed by atoms with Crippen molar-refractivity contribution in [3.8, 4) is 0 Å². The first-order chi connectivity index (χ1) is 7.87. The van der Waals surface area contributed by atoms with Crippen LogP contribution in [0.25, 0.3) is 0 Å². The SMILES string of the molecule is CC(C)(CCO)NC(=O)c1cccc(Br)c1Cl. The molecule has 0 saturated heterocycles. The summed E-state index contributed by atoms with van der Waals surface area (Å²) in [7, 11) is 0. The number of benzene rings is 1. The van der Waals surface area contributed by atoms with Crippen molar-refractivity contribution in [3.05, 3.63) is 33.3 Å². The van der Waals surface area contributed by atoms with Crippen LogP contribution >= 0.6 is 27.5 Å². The van der Waals surface area contributed by atoms with E-state index in [1.807, 2.05) is 13.8 Å². The van der Waals surface area contributed by atoms with Crippen LogP contribution in [0.2, 0.25) is 5.02 Å². The quantitative estimate of drug-likeness (QED) is 0.896. The van der Waals surface area contributed by atoms with E-state index in [2.05, 4.69) is 21.2 Å². The van der Waals surface area contributed by atoms with Crippen LogP contribution in [0.5, 0.6) is 0 Å². The number of carbonyl (C=O) groups excluding carboxylic acids is 1. The third kappa shape index (κ3) is 3.98. The van der Waals surface area contributed by atoms with Crippen LogP contribution in [0.4, 0.5) is 0 Å². The van der Waals surface area contributed by atoms with E-state index in [1.165, 1.54) is 0 Å². The highest BCUT2D eigenvalue weighted by Gasteiger charge is 2.22. The summed E-state index contributed by atoms with van der Waals surface area (Å²) in [4.78, 5) is 12.0. The van der Waals surface area contributed by atoms with Gasteiger partial charge < -0.3 is 10.4 Å². The number of aliphatic hydroxyl groups excluding tert-OH is 1. The van der Waals surface area contributed by atoms with Crippen molar-refractivity contribution in [2.75, 3.05) is 6.61 Å². The molecule has 3 nitrogen and oxygen atoms in total. The highest BCUT2D eigenvalue weighted by molar-refractivity contribution is 9.10. The average molecular weight is 321 g/mol. The zero-order valence-electron chi connectivity index (χ0n) is 9.76. The Morgan fingerprint density at radius 2 is 2.18 bits per heavy atom. The fourth-order valence-corrected chi connectivity index (χ4v) is 1.97. The summed E-state index contributed by atoms with van der Waals surface area (Å²) >= 11 is 9.31. The van der Waals surface area contributed by atoms with Gasteiger partial charge in [-0.25, -0.2) is 0 Å². The summed E-state index contributed by atoms with van der Waals surface area (Å²) in [6, 6.07) is 5.19. The fourth-order valence-electron chi connectivity index (χ4n) is 1.40. The molecule has 0 aliphatic carbocycles. The number of hydrogen-bond acceptors (Lipinski definition) is 2. The summed E-state index contributed by atoms with van der Waals surface area (Å²) in [5, 5.41) is 12.1. The lowest BCUT2D eigenvalue weighted by Gasteiger charge is -2.25. The van der Waals surface area contributed by atoms with Gasteiger partial charge in [0.1, 0.15) is 0 Å². The third-order valence-electron chi connectivity index (χ3n) is 2.38. The number of aliphatic hydroxyl groups is 1. The summed E-state index contributed by atoms with van der Waals surface area (Å²) in [6.07, 6.45) is 0.490. The maximum atomic E-state index is 12.0. The normalized spacial score (nSPS) is 11.4. The topological polar surface area (TPSA) is 49.3 Å². The molecule has 0 saturated carbocycles. The zero-order valence-corrected chi connectivity index (χ0v) is 12.1. The molecule has 1 amide bonds. The molecular weight excluding hydrogens is 305 g/mol. The van der Waals surface area contributed by atoms with Crippen molar-refractivity contribution in [2.45, 2.75) is 25.8 Å². The van der Waals surface area contributed by atoms with E-state index >= 15 is 0 Å². The molecule has 0 aliphatic rings. The van der Waals surface area contributed by atoms with Gasteiger partial charge in [-0.15, -0.1) is 0 Å². The van der Waals surface area contributed by atoms with Crippen molar-refractivity contribution < 1.29 is 9.90 Å². The fraction of sp³-hybridized carbons (Fsp3) is 0.417. The molecule has 0 atom stereocenters. The third-order valence-corrected chi connectivity index (χ3v) is 3.68. The Kier molecular flexibility index (Phi) is 4.98. The second-order valence-electron chi connectivity index (χ2n) is 4.41. The van der Waals surface area contributed by atoms with Gasteiger partial charge in [-0.05, 0) is 48.3 Å². The lowest BCUT2D eigenvalue weighted by molar-refractivity contribution is 0.0899. The molecule has 1 aromatic carbocycles. The van der Waals surface area contributed by atoms with Gasteiger partial charge in [0.2, 0.25) is 0 Å². The molecule has 1 aromatic rings. The number of carbonyl (C=O) groups is 1. The molecule has 0 heterocycles. The molecule has 0 aromatic heterocycles. The van der Waals surface area contributed by atoms with E-state index in [-0.39, 0.29) is 12.5 Å². The molecule has 0 fully saturated rings. The van der Waals surface area contributed by atoms with Gasteiger partial charge in [-0.3, -0.25) is 4.79 Å². The molecule has 0 aliphatic heterocycles. The summed E-state index contributed by atoms with van der Waals surface area (Å²) < 4.78 is 0.687. The minimum Gasteiger partial charge on any atom is -0.396 e. The monoisotopic (exact) mass is 319 g/mol. The predicted molar refractivity (Wildman–Crippen MR) is 72.4 cm³/mol. The van der Waals surface area contributed by atoms with Gasteiger partial charge in [0.15, 0.2) is 0 Å². The predicted octanol–water partition coefficient (Wildman–Crippen LogP) is 2.99. The van der Waals surface area contributed by atoms with Gasteiger partial charge in [-0.1, -0.05) is 17.7 Å². The van der Waals surface area contributed by atoms with Gasteiger partial charge in [0.25, 0.3) is 5.91 Å². The Labute approximate surface area is 114 Å². The minimum absolute atomic E-state index is 0.0273. The smallest absolute Gasteiger partial charge is 0.253 e. The molecule has 17 heavy (non-hydrogen) atoms. The maximum Gasteiger partial charge on any atom is 0.253 e. The van der Waals surface area contributed by atoms with Gasteiger partial charge in [0.05, 0.1) is 10.6 Å². The van der Waals surface area contributed by atoms with Crippen molar-refractivity contribution in [1.82, 2.24) is 5.32 Å². The first-order valence-corrected chi connectivity index (χ1v) is 6.42. The first kappa shape index (κ1) is 14.5. The molecule has 2 N–H and O–H groups in total. The van der Waals surface area contributed by atoms with Crippen LogP contribution in [0.3, 0.4) is 0 Å². The van der Waals surface area contributed by atoms with E-state index in [4.69, 9.17) is 16.7 Å². The molecule has 94 valence electrons. The van der Waals surface area contributed by atoms with E-state index in [0.29, 0.717) is 21.5 Å². The second-order valence-corrected chi connectivity index (χ2v) is 5.65. The number of nitrogens with one attached hydrogen (secondary N) is 1. The second kappa shape index (κ2) is 5.85. The lowest BCUT2D eigenvalue weighted by atomic mass is 10.0.